The van der Waals surface area contributed by atoms with Crippen LogP contribution in [0.2, 0.25) is 0 Å². The van der Waals surface area contributed by atoms with Crippen molar-refractivity contribution in [3.05, 3.63) is 15.8 Å². The molecule has 0 bridgehead atoms. The molecule has 2 N–H and O–H groups in total. The average molecular weight is 253 g/mol. The molecule has 1 aromatic rings. The van der Waals surface area contributed by atoms with E-state index in [1.54, 1.807) is 14.0 Å². The number of aromatic nitrogens is 2. The van der Waals surface area contributed by atoms with E-state index in [1.165, 1.54) is 0 Å². The third kappa shape index (κ3) is 3.06. The Bertz CT molecular complexity index is 459. The lowest BCUT2D eigenvalue weighted by Crippen LogP contribution is -2.31. The Morgan fingerprint density at radius 1 is 1.39 bits per heavy atom. The van der Waals surface area contributed by atoms with Gasteiger partial charge in [-0.25, -0.2) is 4.98 Å². The Balaban J connectivity index is 3.30. The van der Waals surface area contributed by atoms with E-state index in [0.29, 0.717) is 11.6 Å². The summed E-state index contributed by atoms with van der Waals surface area (Å²) in [4.78, 5) is 18.8. The molecule has 0 aliphatic carbocycles. The standard InChI is InChI=1S/C11H19N5O2/c1-6-11(3,4)15-9-8(16(17)18)7(2)13-10(12-5)14-9/h6H2,1-5H3,(H2,12,13,14,15). The number of hydrogen-bond acceptors (Lipinski definition) is 6. The van der Waals surface area contributed by atoms with Crippen molar-refractivity contribution < 1.29 is 4.92 Å². The number of aryl methyl sites for hydroxylation is 1. The number of nitrogens with one attached hydrogen (secondary N) is 2. The van der Waals surface area contributed by atoms with Crippen LogP contribution >= 0.6 is 0 Å². The molecular weight excluding hydrogens is 234 g/mol. The van der Waals surface area contributed by atoms with Crippen LogP contribution in [0.4, 0.5) is 17.5 Å². The maximum absolute atomic E-state index is 11.1. The van der Waals surface area contributed by atoms with Gasteiger partial charge >= 0.3 is 5.69 Å². The molecule has 0 aliphatic heterocycles. The predicted molar refractivity (Wildman–Crippen MR) is 71.0 cm³/mol. The van der Waals surface area contributed by atoms with Crippen LogP contribution in [0, 0.1) is 17.0 Å². The van der Waals surface area contributed by atoms with E-state index in [2.05, 4.69) is 20.6 Å². The normalized spacial score (nSPS) is 11.2. The van der Waals surface area contributed by atoms with Crippen LogP contribution in [-0.2, 0) is 0 Å². The zero-order valence-electron chi connectivity index (χ0n) is 11.4. The van der Waals surface area contributed by atoms with Crippen molar-refractivity contribution in [1.29, 1.82) is 0 Å². The highest BCUT2D eigenvalue weighted by molar-refractivity contribution is 5.61. The summed E-state index contributed by atoms with van der Waals surface area (Å²) >= 11 is 0. The summed E-state index contributed by atoms with van der Waals surface area (Å²) in [5.41, 5.74) is 0.000553. The lowest BCUT2D eigenvalue weighted by atomic mass is 10.0. The minimum atomic E-state index is -0.456. The number of anilines is 2. The minimum absolute atomic E-state index is 0.0736. The zero-order valence-corrected chi connectivity index (χ0v) is 11.4. The Kier molecular flexibility index (Phi) is 4.05. The van der Waals surface area contributed by atoms with Crippen LogP contribution < -0.4 is 10.6 Å². The Morgan fingerprint density at radius 2 is 2.00 bits per heavy atom. The molecule has 0 radical (unpaired) electrons. The molecule has 0 fully saturated rings. The largest absolute Gasteiger partial charge is 0.359 e. The van der Waals surface area contributed by atoms with Crippen molar-refractivity contribution in [2.75, 3.05) is 17.7 Å². The van der Waals surface area contributed by atoms with Gasteiger partial charge in [-0.1, -0.05) is 6.92 Å². The molecular formula is C11H19N5O2. The number of rotatable bonds is 5. The van der Waals surface area contributed by atoms with Gasteiger partial charge in [0.2, 0.25) is 11.8 Å². The van der Waals surface area contributed by atoms with Gasteiger partial charge in [-0.05, 0) is 27.2 Å². The Labute approximate surface area is 106 Å². The lowest BCUT2D eigenvalue weighted by molar-refractivity contribution is -0.385. The maximum atomic E-state index is 11.1. The summed E-state index contributed by atoms with van der Waals surface area (Å²) in [5.74, 6) is 0.621. The summed E-state index contributed by atoms with van der Waals surface area (Å²) in [6.07, 6.45) is 0.822. The fourth-order valence-electron chi connectivity index (χ4n) is 1.39. The molecule has 0 aromatic carbocycles. The highest BCUT2D eigenvalue weighted by atomic mass is 16.6. The van der Waals surface area contributed by atoms with Gasteiger partial charge in [-0.15, -0.1) is 0 Å². The average Bonchev–Trinajstić information content (AvgIpc) is 2.27. The van der Waals surface area contributed by atoms with E-state index in [4.69, 9.17) is 0 Å². The van der Waals surface area contributed by atoms with Crippen LogP contribution in [0.3, 0.4) is 0 Å². The quantitative estimate of drug-likeness (QED) is 0.618. The highest BCUT2D eigenvalue weighted by Gasteiger charge is 2.26. The number of nitro groups is 1. The summed E-state index contributed by atoms with van der Waals surface area (Å²) in [5, 5.41) is 17.0. The fourth-order valence-corrected chi connectivity index (χ4v) is 1.39. The van der Waals surface area contributed by atoms with Crippen molar-refractivity contribution in [3.8, 4) is 0 Å². The van der Waals surface area contributed by atoms with Gasteiger partial charge in [0.15, 0.2) is 0 Å². The van der Waals surface area contributed by atoms with Gasteiger partial charge in [0, 0.05) is 12.6 Å². The van der Waals surface area contributed by atoms with Crippen LogP contribution in [0.25, 0.3) is 0 Å². The lowest BCUT2D eigenvalue weighted by Gasteiger charge is -2.25. The summed E-state index contributed by atoms with van der Waals surface area (Å²) in [6, 6.07) is 0. The van der Waals surface area contributed by atoms with Crippen LogP contribution in [0.15, 0.2) is 0 Å². The Hall–Kier alpha value is -1.92. The molecule has 7 nitrogen and oxygen atoms in total. The number of hydrogen-bond donors (Lipinski definition) is 2. The molecule has 0 spiro atoms. The third-order valence-electron chi connectivity index (χ3n) is 2.81. The third-order valence-corrected chi connectivity index (χ3v) is 2.81. The molecule has 1 rings (SSSR count). The zero-order chi connectivity index (χ0) is 13.9. The van der Waals surface area contributed by atoms with E-state index in [-0.39, 0.29) is 17.0 Å². The monoisotopic (exact) mass is 253 g/mol. The van der Waals surface area contributed by atoms with Crippen LogP contribution in [-0.4, -0.2) is 27.5 Å². The first-order valence-corrected chi connectivity index (χ1v) is 5.79. The second-order valence-corrected chi connectivity index (χ2v) is 4.70. The van der Waals surface area contributed by atoms with Crippen LogP contribution in [0.5, 0.6) is 0 Å². The fraction of sp³-hybridized carbons (Fsp3) is 0.636. The van der Waals surface area contributed by atoms with Gasteiger partial charge in [0.25, 0.3) is 0 Å². The van der Waals surface area contributed by atoms with E-state index < -0.39 is 4.92 Å². The van der Waals surface area contributed by atoms with Crippen molar-refractivity contribution in [3.63, 3.8) is 0 Å². The van der Waals surface area contributed by atoms with Crippen molar-refractivity contribution in [1.82, 2.24) is 9.97 Å². The van der Waals surface area contributed by atoms with E-state index >= 15 is 0 Å². The molecule has 0 saturated heterocycles. The predicted octanol–water partition coefficient (Wildman–Crippen LogP) is 2.34. The molecule has 1 heterocycles. The molecule has 1 aromatic heterocycles. The van der Waals surface area contributed by atoms with Gasteiger partial charge in [0.1, 0.15) is 5.69 Å². The van der Waals surface area contributed by atoms with Gasteiger partial charge < -0.3 is 10.6 Å². The number of nitrogens with zero attached hydrogens (tertiary/aromatic N) is 3. The van der Waals surface area contributed by atoms with Crippen LogP contribution in [0.1, 0.15) is 32.9 Å². The van der Waals surface area contributed by atoms with Gasteiger partial charge in [-0.3, -0.25) is 10.1 Å². The second kappa shape index (κ2) is 5.16. The van der Waals surface area contributed by atoms with Crippen molar-refractivity contribution >= 4 is 17.5 Å². The minimum Gasteiger partial charge on any atom is -0.359 e. The van der Waals surface area contributed by atoms with Crippen molar-refractivity contribution in [2.24, 2.45) is 0 Å². The molecule has 0 unspecified atom stereocenters. The molecule has 0 aliphatic rings. The summed E-state index contributed by atoms with van der Waals surface area (Å²) in [6.45, 7) is 7.54. The first-order valence-electron chi connectivity index (χ1n) is 5.79. The molecule has 18 heavy (non-hydrogen) atoms. The van der Waals surface area contributed by atoms with Gasteiger partial charge in [0.05, 0.1) is 4.92 Å². The summed E-state index contributed by atoms with van der Waals surface area (Å²) < 4.78 is 0. The highest BCUT2D eigenvalue weighted by Crippen LogP contribution is 2.29. The molecule has 0 saturated carbocycles. The first-order chi connectivity index (χ1) is 8.30. The van der Waals surface area contributed by atoms with Gasteiger partial charge in [-0.2, -0.15) is 4.98 Å². The van der Waals surface area contributed by atoms with E-state index in [0.717, 1.165) is 6.42 Å². The molecule has 7 heteroatoms. The molecule has 0 atom stereocenters. The topological polar surface area (TPSA) is 93.0 Å². The Morgan fingerprint density at radius 3 is 2.44 bits per heavy atom. The SMILES string of the molecule is CCC(C)(C)Nc1nc(NC)nc(C)c1[N+](=O)[O-]. The van der Waals surface area contributed by atoms with Crippen molar-refractivity contribution in [2.45, 2.75) is 39.7 Å². The smallest absolute Gasteiger partial charge is 0.332 e. The molecule has 100 valence electrons. The first kappa shape index (κ1) is 14.1. The van der Waals surface area contributed by atoms with E-state index in [1.807, 2.05) is 20.8 Å². The second-order valence-electron chi connectivity index (χ2n) is 4.70. The maximum Gasteiger partial charge on any atom is 0.332 e. The summed E-state index contributed by atoms with van der Waals surface area (Å²) in [7, 11) is 1.68. The molecule has 0 amide bonds. The van der Waals surface area contributed by atoms with E-state index in [9.17, 15) is 10.1 Å².